The van der Waals surface area contributed by atoms with Gasteiger partial charge in [0.15, 0.2) is 6.10 Å². The lowest BCUT2D eigenvalue weighted by Gasteiger charge is -2.13. The van der Waals surface area contributed by atoms with Gasteiger partial charge in [-0.25, -0.2) is 9.18 Å². The van der Waals surface area contributed by atoms with Crippen molar-refractivity contribution in [1.29, 1.82) is 0 Å². The number of ether oxygens (including phenoxy) is 2. The van der Waals surface area contributed by atoms with Crippen molar-refractivity contribution in [3.8, 4) is 5.75 Å². The number of rotatable bonds is 4. The summed E-state index contributed by atoms with van der Waals surface area (Å²) >= 11 is 5.87. The van der Waals surface area contributed by atoms with Crippen molar-refractivity contribution in [3.05, 3.63) is 52.7 Å². The van der Waals surface area contributed by atoms with Crippen molar-refractivity contribution in [1.82, 2.24) is 0 Å². The minimum atomic E-state index is -0.566. The van der Waals surface area contributed by atoms with Crippen LogP contribution in [-0.2, 0) is 4.74 Å². The molecular formula is C14H12ClFO4. The summed E-state index contributed by atoms with van der Waals surface area (Å²) in [7, 11) is 1.27. The molecule has 1 aromatic carbocycles. The molecule has 0 bridgehead atoms. The Kier molecular flexibility index (Phi) is 4.29. The molecule has 1 atom stereocenters. The van der Waals surface area contributed by atoms with Gasteiger partial charge in [0, 0.05) is 0 Å². The Labute approximate surface area is 120 Å². The number of esters is 1. The summed E-state index contributed by atoms with van der Waals surface area (Å²) in [6.45, 7) is 1.72. The van der Waals surface area contributed by atoms with E-state index in [0.717, 1.165) is 6.07 Å². The van der Waals surface area contributed by atoms with Crippen molar-refractivity contribution >= 4 is 17.6 Å². The van der Waals surface area contributed by atoms with E-state index < -0.39 is 17.9 Å². The van der Waals surface area contributed by atoms with Crippen LogP contribution >= 0.6 is 11.6 Å². The van der Waals surface area contributed by atoms with Gasteiger partial charge in [0.2, 0.25) is 5.76 Å². The third-order valence-electron chi connectivity index (χ3n) is 2.61. The van der Waals surface area contributed by atoms with Gasteiger partial charge in [-0.1, -0.05) is 11.6 Å². The summed E-state index contributed by atoms with van der Waals surface area (Å²) < 4.78 is 28.4. The van der Waals surface area contributed by atoms with Gasteiger partial charge in [0.1, 0.15) is 17.3 Å². The van der Waals surface area contributed by atoms with Crippen molar-refractivity contribution in [3.63, 3.8) is 0 Å². The van der Waals surface area contributed by atoms with Crippen LogP contribution in [0.5, 0.6) is 5.75 Å². The summed E-state index contributed by atoms with van der Waals surface area (Å²) in [5, 5.41) is 0.164. The van der Waals surface area contributed by atoms with E-state index in [0.29, 0.717) is 11.5 Å². The molecule has 6 heteroatoms. The molecule has 20 heavy (non-hydrogen) atoms. The molecule has 2 rings (SSSR count). The smallest absolute Gasteiger partial charge is 0.373 e. The Balaban J connectivity index is 2.13. The quantitative estimate of drug-likeness (QED) is 0.801. The van der Waals surface area contributed by atoms with E-state index in [2.05, 4.69) is 4.74 Å². The van der Waals surface area contributed by atoms with Crippen molar-refractivity contribution in [2.24, 2.45) is 0 Å². The predicted molar refractivity (Wildman–Crippen MR) is 70.5 cm³/mol. The van der Waals surface area contributed by atoms with Gasteiger partial charge >= 0.3 is 5.97 Å². The molecule has 106 valence electrons. The third-order valence-corrected chi connectivity index (χ3v) is 2.91. The molecule has 1 heterocycles. The molecule has 1 unspecified atom stereocenters. The number of carbonyl (C=O) groups is 1. The average molecular weight is 299 g/mol. The van der Waals surface area contributed by atoms with Crippen LogP contribution in [-0.4, -0.2) is 13.1 Å². The minimum Gasteiger partial charge on any atom is -0.481 e. The van der Waals surface area contributed by atoms with Crippen LogP contribution in [0.1, 0.15) is 29.3 Å². The van der Waals surface area contributed by atoms with Gasteiger partial charge in [-0.15, -0.1) is 0 Å². The summed E-state index contributed by atoms with van der Waals surface area (Å²) in [4.78, 5) is 11.3. The second-order valence-electron chi connectivity index (χ2n) is 4.03. The second-order valence-corrected chi connectivity index (χ2v) is 4.44. The summed E-state index contributed by atoms with van der Waals surface area (Å²) in [5.74, 6) is -0.158. The van der Waals surface area contributed by atoms with Gasteiger partial charge in [0.05, 0.1) is 12.1 Å². The van der Waals surface area contributed by atoms with Crippen molar-refractivity contribution in [2.75, 3.05) is 7.11 Å². The van der Waals surface area contributed by atoms with E-state index in [9.17, 15) is 9.18 Å². The lowest BCUT2D eigenvalue weighted by atomic mass is 10.3. The van der Waals surface area contributed by atoms with E-state index in [4.69, 9.17) is 20.8 Å². The Bertz CT molecular complexity index is 623. The molecule has 0 radical (unpaired) electrons. The fourth-order valence-corrected chi connectivity index (χ4v) is 1.81. The number of benzene rings is 1. The Morgan fingerprint density at radius 3 is 2.75 bits per heavy atom. The van der Waals surface area contributed by atoms with Gasteiger partial charge in [-0.05, 0) is 37.3 Å². The van der Waals surface area contributed by atoms with Crippen LogP contribution in [0.2, 0.25) is 5.02 Å². The maximum absolute atomic E-state index is 12.9. The second kappa shape index (κ2) is 5.96. The van der Waals surface area contributed by atoms with Crippen LogP contribution in [0.4, 0.5) is 4.39 Å². The lowest BCUT2D eigenvalue weighted by molar-refractivity contribution is 0.0558. The fourth-order valence-electron chi connectivity index (χ4n) is 1.60. The number of hydrogen-bond acceptors (Lipinski definition) is 4. The number of halogens is 2. The molecule has 0 N–H and O–H groups in total. The highest BCUT2D eigenvalue weighted by atomic mass is 35.5. The first kappa shape index (κ1) is 14.4. The third kappa shape index (κ3) is 3.11. The maximum atomic E-state index is 12.9. The zero-order valence-electron chi connectivity index (χ0n) is 10.9. The fraction of sp³-hybridized carbons (Fsp3) is 0.214. The average Bonchev–Trinajstić information content (AvgIpc) is 2.90. The van der Waals surface area contributed by atoms with E-state index in [1.54, 1.807) is 13.0 Å². The zero-order chi connectivity index (χ0) is 14.7. The first-order chi connectivity index (χ1) is 9.51. The van der Waals surface area contributed by atoms with Crippen LogP contribution < -0.4 is 4.74 Å². The highest BCUT2D eigenvalue weighted by Gasteiger charge is 2.17. The molecule has 2 aromatic rings. The zero-order valence-corrected chi connectivity index (χ0v) is 11.6. The van der Waals surface area contributed by atoms with Gasteiger partial charge in [0.25, 0.3) is 0 Å². The first-order valence-electron chi connectivity index (χ1n) is 5.81. The summed E-state index contributed by atoms with van der Waals surface area (Å²) in [6, 6.07) is 6.93. The standard InChI is InChI=1S/C14H12ClFO4/c1-8(11-5-6-13(20-11)14(17)18-2)19-12-4-3-9(16)7-10(12)15/h3-8H,1-2H3. The molecule has 0 saturated heterocycles. The number of furan rings is 1. The first-order valence-corrected chi connectivity index (χ1v) is 6.19. The van der Waals surface area contributed by atoms with E-state index >= 15 is 0 Å². The van der Waals surface area contributed by atoms with Crippen molar-refractivity contribution < 1.29 is 23.1 Å². The molecule has 1 aromatic heterocycles. The molecule has 0 aliphatic heterocycles. The van der Waals surface area contributed by atoms with Crippen LogP contribution in [0.15, 0.2) is 34.7 Å². The van der Waals surface area contributed by atoms with E-state index in [-0.39, 0.29) is 10.8 Å². The predicted octanol–water partition coefficient (Wildman–Crippen LogP) is 4.00. The Morgan fingerprint density at radius 2 is 2.10 bits per heavy atom. The molecule has 0 aliphatic carbocycles. The van der Waals surface area contributed by atoms with Gasteiger partial charge in [-0.3, -0.25) is 0 Å². The molecule has 0 saturated carbocycles. The molecule has 0 amide bonds. The topological polar surface area (TPSA) is 48.7 Å². The number of hydrogen-bond donors (Lipinski definition) is 0. The van der Waals surface area contributed by atoms with Crippen LogP contribution in [0.3, 0.4) is 0 Å². The maximum Gasteiger partial charge on any atom is 0.373 e. The SMILES string of the molecule is COC(=O)c1ccc(C(C)Oc2ccc(F)cc2Cl)o1. The Morgan fingerprint density at radius 1 is 1.35 bits per heavy atom. The summed E-state index contributed by atoms with van der Waals surface area (Å²) in [6.07, 6.45) is -0.489. The van der Waals surface area contributed by atoms with Crippen LogP contribution in [0, 0.1) is 5.82 Å². The molecule has 0 aliphatic rings. The van der Waals surface area contributed by atoms with Crippen molar-refractivity contribution in [2.45, 2.75) is 13.0 Å². The van der Waals surface area contributed by atoms with Crippen LogP contribution in [0.25, 0.3) is 0 Å². The van der Waals surface area contributed by atoms with Gasteiger partial charge in [-0.2, -0.15) is 0 Å². The Hall–Kier alpha value is -2.01. The molecule has 4 nitrogen and oxygen atoms in total. The normalized spacial score (nSPS) is 12.0. The number of methoxy groups -OCH3 is 1. The van der Waals surface area contributed by atoms with E-state index in [1.165, 1.54) is 25.3 Å². The number of carbonyl (C=O) groups excluding carboxylic acids is 1. The summed E-state index contributed by atoms with van der Waals surface area (Å²) in [5.41, 5.74) is 0. The monoisotopic (exact) mass is 298 g/mol. The largest absolute Gasteiger partial charge is 0.481 e. The molecule has 0 spiro atoms. The lowest BCUT2D eigenvalue weighted by Crippen LogP contribution is -2.03. The van der Waals surface area contributed by atoms with Gasteiger partial charge < -0.3 is 13.9 Å². The highest BCUT2D eigenvalue weighted by molar-refractivity contribution is 6.32. The minimum absolute atomic E-state index is 0.0863. The highest BCUT2D eigenvalue weighted by Crippen LogP contribution is 2.30. The molecular weight excluding hydrogens is 287 g/mol. The van der Waals surface area contributed by atoms with E-state index in [1.807, 2.05) is 0 Å². The molecule has 0 fully saturated rings.